The zero-order chi connectivity index (χ0) is 14.8. The summed E-state index contributed by atoms with van der Waals surface area (Å²) in [7, 11) is 0. The van der Waals surface area contributed by atoms with Gasteiger partial charge in [-0.15, -0.1) is 0 Å². The third kappa shape index (κ3) is 4.54. The first kappa shape index (κ1) is 17.1. The summed E-state index contributed by atoms with van der Waals surface area (Å²) in [6.07, 6.45) is 7.99. The van der Waals surface area contributed by atoms with E-state index in [0.717, 1.165) is 6.42 Å². The van der Waals surface area contributed by atoms with Crippen molar-refractivity contribution in [3.8, 4) is 0 Å². The van der Waals surface area contributed by atoms with Crippen molar-refractivity contribution in [3.05, 3.63) is 60.4 Å². The molecule has 0 saturated heterocycles. The molecule has 1 heteroatoms. The molecule has 0 heterocycles. The van der Waals surface area contributed by atoms with E-state index < -0.39 is 13.3 Å². The quantitative estimate of drug-likeness (QED) is 0.387. The first-order chi connectivity index (χ1) is 9.72. The Morgan fingerprint density at radius 1 is 1.10 bits per heavy atom. The maximum absolute atomic E-state index is 3.81. The summed E-state index contributed by atoms with van der Waals surface area (Å²) in [6.45, 7) is 11.0. The first-order valence-electron chi connectivity index (χ1n) is 7.80. The van der Waals surface area contributed by atoms with E-state index in [-0.39, 0.29) is 0 Å². The van der Waals surface area contributed by atoms with Crippen LogP contribution in [0.4, 0.5) is 0 Å². The molecular weight excluding hydrogens is 301 g/mol. The normalized spacial score (nSPS) is 13.2. The standard InChI is InChI=1S/C19H28Ge/c1-5-13-19(20(6-2,7-3)8-4)17-12-16-18-14-10-9-11-15-18/h9-16,19H,1,6-8,17H2,2-4H3/b16-12+. The van der Waals surface area contributed by atoms with Crippen LogP contribution < -0.4 is 0 Å². The van der Waals surface area contributed by atoms with Crippen molar-refractivity contribution in [1.82, 2.24) is 0 Å². The summed E-state index contributed by atoms with van der Waals surface area (Å²) in [5.74, 6) is 0. The molecule has 1 aromatic rings. The fourth-order valence-corrected chi connectivity index (χ4v) is 11.9. The molecule has 0 bridgehead atoms. The molecule has 0 fully saturated rings. The van der Waals surface area contributed by atoms with Gasteiger partial charge in [-0.05, 0) is 0 Å². The van der Waals surface area contributed by atoms with Crippen LogP contribution in [-0.2, 0) is 0 Å². The fraction of sp³-hybridized carbons (Fsp3) is 0.421. The van der Waals surface area contributed by atoms with Crippen LogP contribution in [0.15, 0.2) is 54.8 Å². The molecule has 0 radical (unpaired) electrons. The molecule has 1 rings (SSSR count). The van der Waals surface area contributed by atoms with Gasteiger partial charge in [0, 0.05) is 0 Å². The Hall–Kier alpha value is -0.977. The number of rotatable bonds is 8. The molecule has 0 N–H and O–H groups in total. The Morgan fingerprint density at radius 3 is 2.20 bits per heavy atom. The predicted molar refractivity (Wildman–Crippen MR) is 94.8 cm³/mol. The minimum atomic E-state index is -1.77. The van der Waals surface area contributed by atoms with Gasteiger partial charge in [0.25, 0.3) is 0 Å². The summed E-state index contributed by atoms with van der Waals surface area (Å²) in [5, 5.41) is 4.19. The van der Waals surface area contributed by atoms with Gasteiger partial charge in [-0.1, -0.05) is 0 Å². The summed E-state index contributed by atoms with van der Waals surface area (Å²) >= 11 is -1.77. The third-order valence-corrected chi connectivity index (χ3v) is 17.7. The molecule has 1 atom stereocenters. The molecule has 0 aliphatic carbocycles. The average molecular weight is 329 g/mol. The van der Waals surface area contributed by atoms with Crippen LogP contribution in [0.1, 0.15) is 32.8 Å². The second kappa shape index (κ2) is 9.05. The molecule has 0 saturated carbocycles. The molecule has 0 nitrogen and oxygen atoms in total. The van der Waals surface area contributed by atoms with Crippen LogP contribution in [0.3, 0.4) is 0 Å². The van der Waals surface area contributed by atoms with Gasteiger partial charge in [-0.25, -0.2) is 0 Å². The molecule has 0 aliphatic heterocycles. The molecule has 0 aliphatic rings. The monoisotopic (exact) mass is 330 g/mol. The van der Waals surface area contributed by atoms with Crippen molar-refractivity contribution in [2.45, 2.75) is 47.7 Å². The van der Waals surface area contributed by atoms with E-state index in [4.69, 9.17) is 0 Å². The van der Waals surface area contributed by atoms with E-state index >= 15 is 0 Å². The van der Waals surface area contributed by atoms with Gasteiger partial charge in [0.2, 0.25) is 0 Å². The Balaban J connectivity index is 2.82. The molecule has 1 unspecified atom stereocenters. The van der Waals surface area contributed by atoms with Crippen molar-refractivity contribution in [1.29, 1.82) is 0 Å². The summed E-state index contributed by atoms with van der Waals surface area (Å²) < 4.78 is 0.715. The molecule has 0 amide bonds. The average Bonchev–Trinajstić information content (AvgIpc) is 2.50. The summed E-state index contributed by atoms with van der Waals surface area (Å²) in [6, 6.07) is 10.6. The van der Waals surface area contributed by atoms with Gasteiger partial charge in [0.1, 0.15) is 0 Å². The predicted octanol–water partition coefficient (Wildman–Crippen LogP) is 6.31. The Morgan fingerprint density at radius 2 is 1.70 bits per heavy atom. The van der Waals surface area contributed by atoms with E-state index in [9.17, 15) is 0 Å². The minimum absolute atomic E-state index is 0.715. The van der Waals surface area contributed by atoms with Crippen LogP contribution in [0.25, 0.3) is 6.08 Å². The van der Waals surface area contributed by atoms with Crippen molar-refractivity contribution in [2.75, 3.05) is 0 Å². The van der Waals surface area contributed by atoms with Crippen LogP contribution in [0.2, 0.25) is 20.5 Å². The molecule has 0 spiro atoms. The molecular formula is C19H28Ge. The van der Waals surface area contributed by atoms with E-state index in [0.29, 0.717) is 4.75 Å². The fourth-order valence-electron chi connectivity index (χ4n) is 3.09. The number of benzene rings is 1. The van der Waals surface area contributed by atoms with E-state index in [1.165, 1.54) is 21.3 Å². The Labute approximate surface area is 127 Å². The zero-order valence-electron chi connectivity index (χ0n) is 13.2. The molecule has 20 heavy (non-hydrogen) atoms. The van der Waals surface area contributed by atoms with Gasteiger partial charge in [-0.2, -0.15) is 0 Å². The molecule has 108 valence electrons. The van der Waals surface area contributed by atoms with E-state index in [1.807, 2.05) is 0 Å². The van der Waals surface area contributed by atoms with Crippen LogP contribution in [0.5, 0.6) is 0 Å². The maximum atomic E-state index is 3.81. The number of hydrogen-bond donors (Lipinski definition) is 0. The van der Waals surface area contributed by atoms with Gasteiger partial charge in [0.05, 0.1) is 0 Å². The van der Waals surface area contributed by atoms with Gasteiger partial charge in [-0.3, -0.25) is 0 Å². The van der Waals surface area contributed by atoms with Gasteiger partial charge in [0.15, 0.2) is 0 Å². The van der Waals surface area contributed by atoms with Crippen LogP contribution in [-0.4, -0.2) is 13.3 Å². The zero-order valence-corrected chi connectivity index (χ0v) is 15.3. The van der Waals surface area contributed by atoms with E-state index in [2.05, 4.69) is 81.6 Å². The first-order valence-corrected chi connectivity index (χ1v) is 13.5. The topological polar surface area (TPSA) is 0 Å². The third-order valence-electron chi connectivity index (χ3n) is 4.72. The number of hydrogen-bond acceptors (Lipinski definition) is 0. The summed E-state index contributed by atoms with van der Waals surface area (Å²) in [5.41, 5.74) is 4.35. The van der Waals surface area contributed by atoms with Crippen molar-refractivity contribution in [2.24, 2.45) is 0 Å². The van der Waals surface area contributed by atoms with Crippen molar-refractivity contribution < 1.29 is 0 Å². The SMILES string of the molecule is C=C=C[CH](C/C=C/c1ccccc1)[Ge]([CH2]C)([CH2]C)[CH2]C. The van der Waals surface area contributed by atoms with Crippen LogP contribution in [0, 0.1) is 0 Å². The van der Waals surface area contributed by atoms with Crippen molar-refractivity contribution in [3.63, 3.8) is 0 Å². The van der Waals surface area contributed by atoms with Gasteiger partial charge < -0.3 is 0 Å². The van der Waals surface area contributed by atoms with Crippen molar-refractivity contribution >= 4 is 19.3 Å². The Kier molecular flexibility index (Phi) is 7.73. The number of allylic oxidation sites excluding steroid dienone is 2. The molecule has 1 aromatic carbocycles. The second-order valence-corrected chi connectivity index (χ2v) is 17.2. The van der Waals surface area contributed by atoms with Gasteiger partial charge >= 0.3 is 127 Å². The molecule has 0 aromatic heterocycles. The summed E-state index contributed by atoms with van der Waals surface area (Å²) in [4.78, 5) is 0. The second-order valence-electron chi connectivity index (χ2n) is 5.45. The Bertz CT molecular complexity index is 440. The van der Waals surface area contributed by atoms with E-state index in [1.54, 1.807) is 0 Å². The van der Waals surface area contributed by atoms with Crippen LogP contribution >= 0.6 is 0 Å².